The van der Waals surface area contributed by atoms with Crippen LogP contribution in [0.25, 0.3) is 0 Å². The molecule has 1 N–H and O–H groups in total. The first-order valence-electron chi connectivity index (χ1n) is 6.20. The summed E-state index contributed by atoms with van der Waals surface area (Å²) in [5.41, 5.74) is 2.42. The number of carbonyl (C=O) groups excluding carboxylic acids is 1. The van der Waals surface area contributed by atoms with Gasteiger partial charge in [-0.2, -0.15) is 5.10 Å². The molecule has 100 valence electrons. The number of aliphatic hydroxyl groups excluding tert-OH is 1. The molecule has 0 aromatic carbocycles. The zero-order valence-corrected chi connectivity index (χ0v) is 11.0. The van der Waals surface area contributed by atoms with Gasteiger partial charge < -0.3 is 10.0 Å². The summed E-state index contributed by atoms with van der Waals surface area (Å²) in [6.07, 6.45) is 1.90. The maximum atomic E-state index is 11.3. The number of amides is 1. The Kier molecular flexibility index (Phi) is 3.98. The van der Waals surface area contributed by atoms with Crippen molar-refractivity contribution in [2.45, 2.75) is 13.5 Å². The van der Waals surface area contributed by atoms with Crippen LogP contribution in [0.5, 0.6) is 0 Å². The molecule has 1 aromatic rings. The Balaban J connectivity index is 1.87. The van der Waals surface area contributed by atoms with E-state index in [1.165, 1.54) is 11.3 Å². The second-order valence-corrected chi connectivity index (χ2v) is 4.69. The molecule has 0 aliphatic carbocycles. The summed E-state index contributed by atoms with van der Waals surface area (Å²) in [6, 6.07) is 0. The highest BCUT2D eigenvalue weighted by Gasteiger charge is 2.21. The summed E-state index contributed by atoms with van der Waals surface area (Å²) in [5, 5.41) is 13.0. The van der Waals surface area contributed by atoms with E-state index in [1.807, 2.05) is 17.9 Å². The fraction of sp³-hybridized carbons (Fsp3) is 0.667. The number of aryl methyl sites for hydroxylation is 1. The molecule has 0 unspecified atom stereocenters. The van der Waals surface area contributed by atoms with E-state index < -0.39 is 0 Å². The Morgan fingerprint density at radius 3 is 2.56 bits per heavy atom. The van der Waals surface area contributed by atoms with Gasteiger partial charge in [0.2, 0.25) is 5.91 Å². The van der Waals surface area contributed by atoms with Crippen molar-refractivity contribution < 1.29 is 9.90 Å². The minimum atomic E-state index is -0.387. The Morgan fingerprint density at radius 1 is 1.39 bits per heavy atom. The quantitative estimate of drug-likeness (QED) is 0.778. The van der Waals surface area contributed by atoms with E-state index in [9.17, 15) is 4.79 Å². The highest BCUT2D eigenvalue weighted by Crippen LogP contribution is 2.11. The third-order valence-electron chi connectivity index (χ3n) is 3.59. The average molecular weight is 252 g/mol. The number of nitrogens with zero attached hydrogens (tertiary/aromatic N) is 4. The van der Waals surface area contributed by atoms with Gasteiger partial charge in [-0.15, -0.1) is 0 Å². The van der Waals surface area contributed by atoms with Crippen molar-refractivity contribution in [3.63, 3.8) is 0 Å². The predicted octanol–water partition coefficient (Wildman–Crippen LogP) is -0.635. The summed E-state index contributed by atoms with van der Waals surface area (Å²) < 4.78 is 1.88. The molecule has 1 aliphatic heterocycles. The van der Waals surface area contributed by atoms with Crippen LogP contribution in [-0.4, -0.2) is 63.4 Å². The van der Waals surface area contributed by atoms with Crippen molar-refractivity contribution in [1.29, 1.82) is 0 Å². The van der Waals surface area contributed by atoms with Crippen LogP contribution in [0.1, 0.15) is 11.3 Å². The molecule has 6 heteroatoms. The molecule has 2 heterocycles. The normalized spacial score (nSPS) is 17.2. The van der Waals surface area contributed by atoms with Gasteiger partial charge in [-0.05, 0) is 6.92 Å². The molecule has 1 aliphatic rings. The lowest BCUT2D eigenvalue weighted by Gasteiger charge is -2.34. The van der Waals surface area contributed by atoms with Gasteiger partial charge in [0.05, 0.1) is 6.20 Å². The van der Waals surface area contributed by atoms with Crippen LogP contribution in [0, 0.1) is 6.92 Å². The standard InChI is InChI=1S/C12H20N4O2/c1-10-11(7-13-14(10)2)8-15-3-5-16(6-4-15)12(18)9-17/h7,17H,3-6,8-9H2,1-2H3. The first kappa shape index (κ1) is 13.0. The summed E-state index contributed by atoms with van der Waals surface area (Å²) in [5.74, 6) is -0.174. The van der Waals surface area contributed by atoms with Crippen LogP contribution in [0.15, 0.2) is 6.20 Å². The van der Waals surface area contributed by atoms with Crippen LogP contribution in [-0.2, 0) is 18.4 Å². The number of rotatable bonds is 3. The van der Waals surface area contributed by atoms with Crippen molar-refractivity contribution in [2.75, 3.05) is 32.8 Å². The molecular weight excluding hydrogens is 232 g/mol. The van der Waals surface area contributed by atoms with Crippen molar-refractivity contribution in [2.24, 2.45) is 7.05 Å². The topological polar surface area (TPSA) is 61.6 Å². The molecule has 0 atom stereocenters. The van der Waals surface area contributed by atoms with Crippen molar-refractivity contribution in [3.05, 3.63) is 17.5 Å². The lowest BCUT2D eigenvalue weighted by molar-refractivity contribution is -0.135. The third kappa shape index (κ3) is 2.70. The monoisotopic (exact) mass is 252 g/mol. The third-order valence-corrected chi connectivity index (χ3v) is 3.59. The Bertz CT molecular complexity index is 422. The van der Waals surface area contributed by atoms with Crippen molar-refractivity contribution in [3.8, 4) is 0 Å². The molecule has 1 amide bonds. The summed E-state index contributed by atoms with van der Waals surface area (Å²) >= 11 is 0. The minimum Gasteiger partial charge on any atom is -0.387 e. The summed E-state index contributed by atoms with van der Waals surface area (Å²) in [4.78, 5) is 15.4. The number of hydrogen-bond acceptors (Lipinski definition) is 4. The van der Waals surface area contributed by atoms with E-state index in [1.54, 1.807) is 4.90 Å². The van der Waals surface area contributed by atoms with Crippen LogP contribution in [0.2, 0.25) is 0 Å². The van der Waals surface area contributed by atoms with Gasteiger partial charge in [0.15, 0.2) is 0 Å². The number of carbonyl (C=O) groups is 1. The van der Waals surface area contributed by atoms with E-state index >= 15 is 0 Å². The first-order chi connectivity index (χ1) is 8.61. The Morgan fingerprint density at radius 2 is 2.06 bits per heavy atom. The van der Waals surface area contributed by atoms with E-state index in [-0.39, 0.29) is 12.5 Å². The SMILES string of the molecule is Cc1c(CN2CCN(C(=O)CO)CC2)cnn1C. The molecule has 0 spiro atoms. The number of aromatic nitrogens is 2. The van der Waals surface area contributed by atoms with E-state index in [2.05, 4.69) is 16.9 Å². The molecule has 1 fully saturated rings. The minimum absolute atomic E-state index is 0.174. The predicted molar refractivity (Wildman–Crippen MR) is 66.9 cm³/mol. The number of hydrogen-bond donors (Lipinski definition) is 1. The van der Waals surface area contributed by atoms with Crippen LogP contribution in [0.3, 0.4) is 0 Å². The molecule has 18 heavy (non-hydrogen) atoms. The lowest BCUT2D eigenvalue weighted by Crippen LogP contribution is -2.49. The zero-order chi connectivity index (χ0) is 13.1. The van der Waals surface area contributed by atoms with E-state index in [4.69, 9.17) is 5.11 Å². The Hall–Kier alpha value is -1.40. The lowest BCUT2D eigenvalue weighted by atomic mass is 10.2. The molecule has 2 rings (SSSR count). The second kappa shape index (κ2) is 5.49. The molecule has 0 bridgehead atoms. The highest BCUT2D eigenvalue weighted by atomic mass is 16.3. The molecule has 0 saturated carbocycles. The number of piperazine rings is 1. The van der Waals surface area contributed by atoms with E-state index in [0.29, 0.717) is 13.1 Å². The second-order valence-electron chi connectivity index (χ2n) is 4.69. The average Bonchev–Trinajstić information content (AvgIpc) is 2.71. The van der Waals surface area contributed by atoms with Gasteiger partial charge in [0, 0.05) is 51.0 Å². The summed E-state index contributed by atoms with van der Waals surface area (Å²) in [7, 11) is 1.94. The van der Waals surface area contributed by atoms with Gasteiger partial charge in [-0.3, -0.25) is 14.4 Å². The maximum absolute atomic E-state index is 11.3. The smallest absolute Gasteiger partial charge is 0.248 e. The molecule has 0 radical (unpaired) electrons. The molecule has 1 saturated heterocycles. The van der Waals surface area contributed by atoms with Gasteiger partial charge in [0.25, 0.3) is 0 Å². The van der Waals surface area contributed by atoms with Crippen molar-refractivity contribution >= 4 is 5.91 Å². The van der Waals surface area contributed by atoms with Crippen LogP contribution >= 0.6 is 0 Å². The molecule has 6 nitrogen and oxygen atoms in total. The van der Waals surface area contributed by atoms with Crippen LogP contribution in [0.4, 0.5) is 0 Å². The van der Waals surface area contributed by atoms with E-state index in [0.717, 1.165) is 19.6 Å². The fourth-order valence-corrected chi connectivity index (χ4v) is 2.20. The fourth-order valence-electron chi connectivity index (χ4n) is 2.20. The Labute approximate surface area is 107 Å². The largest absolute Gasteiger partial charge is 0.387 e. The number of aliphatic hydroxyl groups is 1. The summed E-state index contributed by atoms with van der Waals surface area (Å²) in [6.45, 7) is 5.63. The van der Waals surface area contributed by atoms with Gasteiger partial charge in [-0.25, -0.2) is 0 Å². The molecular formula is C12H20N4O2. The highest BCUT2D eigenvalue weighted by molar-refractivity contribution is 5.77. The van der Waals surface area contributed by atoms with Gasteiger partial charge in [0.1, 0.15) is 6.61 Å². The zero-order valence-electron chi connectivity index (χ0n) is 11.0. The van der Waals surface area contributed by atoms with Crippen LogP contribution < -0.4 is 0 Å². The van der Waals surface area contributed by atoms with Gasteiger partial charge >= 0.3 is 0 Å². The molecule has 1 aromatic heterocycles. The van der Waals surface area contributed by atoms with Gasteiger partial charge in [-0.1, -0.05) is 0 Å². The first-order valence-corrected chi connectivity index (χ1v) is 6.20. The van der Waals surface area contributed by atoms with Crippen molar-refractivity contribution in [1.82, 2.24) is 19.6 Å². The maximum Gasteiger partial charge on any atom is 0.248 e.